The maximum atomic E-state index is 13.6. The summed E-state index contributed by atoms with van der Waals surface area (Å²) in [6.07, 6.45) is 0.266. The van der Waals surface area contributed by atoms with E-state index in [1.165, 1.54) is 18.2 Å². The van der Waals surface area contributed by atoms with Gasteiger partial charge in [-0.15, -0.1) is 0 Å². The van der Waals surface area contributed by atoms with Crippen molar-refractivity contribution < 1.29 is 18.7 Å². The van der Waals surface area contributed by atoms with E-state index < -0.39 is 11.7 Å². The van der Waals surface area contributed by atoms with E-state index in [0.29, 0.717) is 11.4 Å². The van der Waals surface area contributed by atoms with Gasteiger partial charge in [0, 0.05) is 12.1 Å². The van der Waals surface area contributed by atoms with Gasteiger partial charge in [-0.05, 0) is 37.3 Å². The van der Waals surface area contributed by atoms with E-state index >= 15 is 0 Å². The van der Waals surface area contributed by atoms with Crippen molar-refractivity contribution in [2.45, 2.75) is 13.3 Å². The van der Waals surface area contributed by atoms with Crippen molar-refractivity contribution in [1.82, 2.24) is 0 Å². The molecule has 0 aliphatic heterocycles. The first-order valence-corrected chi connectivity index (χ1v) is 6.37. The van der Waals surface area contributed by atoms with E-state index in [0.717, 1.165) is 0 Å². The Morgan fingerprint density at radius 2 is 2.19 bits per heavy atom. The summed E-state index contributed by atoms with van der Waals surface area (Å²) in [5.74, 6) is 5.17. The summed E-state index contributed by atoms with van der Waals surface area (Å²) in [6, 6.07) is 7.36. The molecule has 1 heterocycles. The number of furan rings is 1. The number of hydrogen-bond acceptors (Lipinski definition) is 3. The van der Waals surface area contributed by atoms with Gasteiger partial charge in [-0.1, -0.05) is 11.8 Å². The molecular formula is C16H14FNO3. The van der Waals surface area contributed by atoms with Crippen LogP contribution in [0, 0.1) is 24.6 Å². The van der Waals surface area contributed by atoms with Crippen molar-refractivity contribution in [3.05, 3.63) is 53.2 Å². The van der Waals surface area contributed by atoms with Crippen molar-refractivity contribution in [3.63, 3.8) is 0 Å². The molecular weight excluding hydrogens is 273 g/mol. The van der Waals surface area contributed by atoms with Gasteiger partial charge < -0.3 is 14.8 Å². The second-order valence-corrected chi connectivity index (χ2v) is 4.33. The number of rotatable bonds is 3. The summed E-state index contributed by atoms with van der Waals surface area (Å²) >= 11 is 0. The molecule has 2 rings (SSSR count). The van der Waals surface area contributed by atoms with E-state index in [1.54, 1.807) is 19.1 Å². The van der Waals surface area contributed by atoms with Crippen molar-refractivity contribution in [2.24, 2.45) is 0 Å². The molecule has 1 amide bonds. The lowest BCUT2D eigenvalue weighted by Crippen LogP contribution is -2.11. The number of nitrogens with one attached hydrogen (secondary N) is 1. The molecule has 21 heavy (non-hydrogen) atoms. The summed E-state index contributed by atoms with van der Waals surface area (Å²) < 4.78 is 18.8. The monoisotopic (exact) mass is 287 g/mol. The van der Waals surface area contributed by atoms with Gasteiger partial charge in [0.05, 0.1) is 12.2 Å². The summed E-state index contributed by atoms with van der Waals surface area (Å²) in [7, 11) is 0. The van der Waals surface area contributed by atoms with Crippen LogP contribution in [0.3, 0.4) is 0 Å². The van der Waals surface area contributed by atoms with Gasteiger partial charge >= 0.3 is 0 Å². The molecule has 0 saturated carbocycles. The number of aryl methyl sites for hydroxylation is 1. The van der Waals surface area contributed by atoms with Gasteiger partial charge in [0.15, 0.2) is 5.76 Å². The Labute approximate surface area is 121 Å². The molecule has 1 aromatic heterocycles. The van der Waals surface area contributed by atoms with Gasteiger partial charge in [-0.3, -0.25) is 4.79 Å². The standard InChI is InChI=1S/C16H14FNO3/c1-11-5-8-15(21-11)16(20)18-13-6-7-14(17)12(10-13)4-2-3-9-19/h5-8,10,19H,3,9H2,1H3,(H,18,20). The first-order valence-electron chi connectivity index (χ1n) is 6.37. The minimum atomic E-state index is -0.479. The number of carbonyl (C=O) groups excluding carboxylic acids is 1. The van der Waals surface area contributed by atoms with E-state index in [2.05, 4.69) is 17.2 Å². The minimum absolute atomic E-state index is 0.0805. The molecule has 0 aliphatic carbocycles. The number of anilines is 1. The van der Waals surface area contributed by atoms with Gasteiger partial charge in [-0.2, -0.15) is 0 Å². The van der Waals surface area contributed by atoms with Crippen molar-refractivity contribution in [1.29, 1.82) is 0 Å². The van der Waals surface area contributed by atoms with Crippen LogP contribution in [0.15, 0.2) is 34.7 Å². The summed E-state index contributed by atoms with van der Waals surface area (Å²) in [5.41, 5.74) is 0.584. The third-order valence-electron chi connectivity index (χ3n) is 2.65. The average Bonchev–Trinajstić information content (AvgIpc) is 2.89. The van der Waals surface area contributed by atoms with Crippen molar-refractivity contribution in [2.75, 3.05) is 11.9 Å². The van der Waals surface area contributed by atoms with E-state index in [9.17, 15) is 9.18 Å². The van der Waals surface area contributed by atoms with Gasteiger partial charge in [0.1, 0.15) is 11.6 Å². The van der Waals surface area contributed by atoms with Crippen LogP contribution in [0.4, 0.5) is 10.1 Å². The van der Waals surface area contributed by atoms with E-state index in [1.807, 2.05) is 0 Å². The molecule has 1 aromatic carbocycles. The van der Waals surface area contributed by atoms with Crippen molar-refractivity contribution >= 4 is 11.6 Å². The molecule has 0 atom stereocenters. The van der Waals surface area contributed by atoms with Gasteiger partial charge in [0.25, 0.3) is 5.91 Å². The fourth-order valence-corrected chi connectivity index (χ4v) is 1.66. The van der Waals surface area contributed by atoms with Crippen LogP contribution in [0.2, 0.25) is 0 Å². The predicted molar refractivity (Wildman–Crippen MR) is 76.4 cm³/mol. The molecule has 0 aliphatic rings. The number of aliphatic hydroxyl groups is 1. The molecule has 2 N–H and O–H groups in total. The number of hydrogen-bond donors (Lipinski definition) is 2. The third-order valence-corrected chi connectivity index (χ3v) is 2.65. The fourth-order valence-electron chi connectivity index (χ4n) is 1.66. The highest BCUT2D eigenvalue weighted by Gasteiger charge is 2.11. The SMILES string of the molecule is Cc1ccc(C(=O)Nc2ccc(F)c(C#CCCO)c2)o1. The predicted octanol–water partition coefficient (Wildman–Crippen LogP) is 2.71. The van der Waals surface area contributed by atoms with Crippen LogP contribution < -0.4 is 5.32 Å². The zero-order chi connectivity index (χ0) is 15.2. The molecule has 0 saturated heterocycles. The zero-order valence-corrected chi connectivity index (χ0v) is 11.4. The summed E-state index contributed by atoms with van der Waals surface area (Å²) in [5, 5.41) is 11.3. The Morgan fingerprint density at radius 3 is 2.86 bits per heavy atom. The molecule has 0 bridgehead atoms. The largest absolute Gasteiger partial charge is 0.456 e. The van der Waals surface area contributed by atoms with Crippen LogP contribution in [-0.4, -0.2) is 17.6 Å². The van der Waals surface area contributed by atoms with E-state index in [-0.39, 0.29) is 24.4 Å². The molecule has 2 aromatic rings. The molecule has 108 valence electrons. The lowest BCUT2D eigenvalue weighted by molar-refractivity contribution is 0.0995. The molecule has 0 radical (unpaired) electrons. The second-order valence-electron chi connectivity index (χ2n) is 4.33. The second kappa shape index (κ2) is 6.73. The van der Waals surface area contributed by atoms with Crippen LogP contribution in [-0.2, 0) is 0 Å². The highest BCUT2D eigenvalue weighted by Crippen LogP contribution is 2.16. The quantitative estimate of drug-likeness (QED) is 0.853. The van der Waals surface area contributed by atoms with Crippen LogP contribution in [0.5, 0.6) is 0 Å². The minimum Gasteiger partial charge on any atom is -0.456 e. The first-order chi connectivity index (χ1) is 10.1. The molecule has 0 fully saturated rings. The van der Waals surface area contributed by atoms with Crippen LogP contribution >= 0.6 is 0 Å². The maximum absolute atomic E-state index is 13.6. The Morgan fingerprint density at radius 1 is 1.38 bits per heavy atom. The first kappa shape index (κ1) is 14.8. The number of aliphatic hydroxyl groups excluding tert-OH is 1. The molecule has 0 unspecified atom stereocenters. The molecule has 0 spiro atoms. The number of carbonyl (C=O) groups is 1. The van der Waals surface area contributed by atoms with Crippen LogP contribution in [0.1, 0.15) is 28.3 Å². The zero-order valence-electron chi connectivity index (χ0n) is 11.4. The lowest BCUT2D eigenvalue weighted by atomic mass is 10.2. The normalized spacial score (nSPS) is 9.86. The number of amides is 1. The average molecular weight is 287 g/mol. The number of halogens is 1. The van der Waals surface area contributed by atoms with E-state index in [4.69, 9.17) is 9.52 Å². The van der Waals surface area contributed by atoms with Gasteiger partial charge in [0.2, 0.25) is 0 Å². The topological polar surface area (TPSA) is 62.5 Å². The number of benzene rings is 1. The van der Waals surface area contributed by atoms with Crippen LogP contribution in [0.25, 0.3) is 0 Å². The Bertz CT molecular complexity index is 710. The highest BCUT2D eigenvalue weighted by molar-refractivity contribution is 6.02. The third kappa shape index (κ3) is 3.94. The van der Waals surface area contributed by atoms with Gasteiger partial charge in [-0.25, -0.2) is 4.39 Å². The molecule has 4 nitrogen and oxygen atoms in total. The Kier molecular flexibility index (Phi) is 4.75. The summed E-state index contributed by atoms with van der Waals surface area (Å²) in [4.78, 5) is 11.9. The Hall–Kier alpha value is -2.58. The smallest absolute Gasteiger partial charge is 0.291 e. The lowest BCUT2D eigenvalue weighted by Gasteiger charge is -2.04. The van der Waals surface area contributed by atoms with Crippen molar-refractivity contribution in [3.8, 4) is 11.8 Å². The summed E-state index contributed by atoms with van der Waals surface area (Å²) in [6.45, 7) is 1.66. The highest BCUT2D eigenvalue weighted by atomic mass is 19.1. The molecule has 5 heteroatoms. The fraction of sp³-hybridized carbons (Fsp3) is 0.188. The maximum Gasteiger partial charge on any atom is 0.291 e. The Balaban J connectivity index is 2.16.